The molecule has 9 heteroatoms. The Morgan fingerprint density at radius 3 is 2.37 bits per heavy atom. The summed E-state index contributed by atoms with van der Waals surface area (Å²) < 4.78 is 1.68. The third-order valence-electron chi connectivity index (χ3n) is 3.89. The van der Waals surface area contributed by atoms with E-state index in [1.807, 2.05) is 24.3 Å². The van der Waals surface area contributed by atoms with Crippen LogP contribution >= 0.6 is 23.6 Å². The number of thiazole rings is 1. The largest absolute Gasteiger partial charge is 0.507 e. The third-order valence-corrected chi connectivity index (χ3v) is 5.20. The van der Waals surface area contributed by atoms with Gasteiger partial charge in [-0.05, 0) is 36.5 Å². The summed E-state index contributed by atoms with van der Waals surface area (Å²) in [6.07, 6.45) is 1.62. The van der Waals surface area contributed by atoms with Gasteiger partial charge in [-0.15, -0.1) is 11.3 Å². The summed E-state index contributed by atoms with van der Waals surface area (Å²) >= 11 is 6.46. The number of carbonyl (C=O) groups is 1. The zero-order valence-corrected chi connectivity index (χ0v) is 15.2. The van der Waals surface area contributed by atoms with Crippen LogP contribution in [-0.2, 0) is 0 Å². The minimum atomic E-state index is -1.24. The van der Waals surface area contributed by atoms with Crippen LogP contribution < -0.4 is 10.7 Å². The van der Waals surface area contributed by atoms with E-state index in [0.717, 1.165) is 22.1 Å². The van der Waals surface area contributed by atoms with Crippen molar-refractivity contribution in [1.82, 2.24) is 4.57 Å². The first-order valence-corrected chi connectivity index (χ1v) is 8.92. The zero-order valence-electron chi connectivity index (χ0n) is 13.5. The van der Waals surface area contributed by atoms with Crippen molar-refractivity contribution in [2.24, 2.45) is 9.98 Å². The van der Waals surface area contributed by atoms with Gasteiger partial charge < -0.3 is 15.3 Å². The van der Waals surface area contributed by atoms with Crippen molar-refractivity contribution >= 4 is 35.6 Å². The van der Waals surface area contributed by atoms with Gasteiger partial charge in [0.1, 0.15) is 11.3 Å². The molecule has 1 aliphatic heterocycles. The SMILES string of the molecule is O=C(O)c1ccc(-n2c(O)c(C=C3N=c4ccccc4=N3)sc2=S)cc1O. The lowest BCUT2D eigenvalue weighted by molar-refractivity contribution is 0.0694. The lowest BCUT2D eigenvalue weighted by atomic mass is 10.2. The molecule has 2 aromatic carbocycles. The maximum Gasteiger partial charge on any atom is 0.339 e. The van der Waals surface area contributed by atoms with E-state index < -0.39 is 11.7 Å². The third kappa shape index (κ3) is 3.03. The summed E-state index contributed by atoms with van der Waals surface area (Å²) in [6.45, 7) is 0. The predicted molar refractivity (Wildman–Crippen MR) is 101 cm³/mol. The fourth-order valence-electron chi connectivity index (χ4n) is 2.65. The number of fused-ring (bicyclic) bond motifs is 1. The van der Waals surface area contributed by atoms with Crippen LogP contribution in [0.25, 0.3) is 11.8 Å². The van der Waals surface area contributed by atoms with E-state index >= 15 is 0 Å². The van der Waals surface area contributed by atoms with Gasteiger partial charge in [-0.25, -0.2) is 14.8 Å². The number of para-hydroxylation sites is 2. The Balaban J connectivity index is 1.79. The maximum atomic E-state index is 11.0. The van der Waals surface area contributed by atoms with Crippen LogP contribution in [0.15, 0.2) is 58.3 Å². The average Bonchev–Trinajstić information content (AvgIpc) is 3.15. The first-order valence-electron chi connectivity index (χ1n) is 7.70. The highest BCUT2D eigenvalue weighted by Crippen LogP contribution is 2.33. The van der Waals surface area contributed by atoms with E-state index in [4.69, 9.17) is 17.3 Å². The van der Waals surface area contributed by atoms with Gasteiger partial charge in [-0.3, -0.25) is 4.57 Å². The van der Waals surface area contributed by atoms with Crippen LogP contribution in [0, 0.1) is 3.95 Å². The summed E-state index contributed by atoms with van der Waals surface area (Å²) in [4.78, 5) is 20.3. The molecule has 0 bridgehead atoms. The molecule has 0 saturated heterocycles. The summed E-state index contributed by atoms with van der Waals surface area (Å²) in [7, 11) is 0. The summed E-state index contributed by atoms with van der Waals surface area (Å²) in [5.74, 6) is -1.35. The number of carboxylic acids is 1. The molecule has 0 fully saturated rings. The standard InChI is InChI=1S/C18H11N3O4S2/c22-13-7-9(5-6-10(13)17(24)25)21-16(23)14(27-18(21)26)8-15-19-11-3-1-2-4-12(11)20-15/h1-8,22-23H,(H,24,25). The van der Waals surface area contributed by atoms with Gasteiger partial charge in [0.2, 0.25) is 5.88 Å². The van der Waals surface area contributed by atoms with Crippen LogP contribution in [-0.4, -0.2) is 25.9 Å². The van der Waals surface area contributed by atoms with Gasteiger partial charge in [0.05, 0.1) is 21.3 Å². The smallest absolute Gasteiger partial charge is 0.339 e. The predicted octanol–water partition coefficient (Wildman–Crippen LogP) is 2.63. The fraction of sp³-hybridized carbons (Fsp3) is 0. The van der Waals surface area contributed by atoms with E-state index in [9.17, 15) is 15.0 Å². The Morgan fingerprint density at radius 2 is 1.78 bits per heavy atom. The average molecular weight is 397 g/mol. The van der Waals surface area contributed by atoms with E-state index in [1.54, 1.807) is 6.08 Å². The molecule has 2 heterocycles. The van der Waals surface area contributed by atoms with Crippen molar-refractivity contribution in [3.63, 3.8) is 0 Å². The Hall–Kier alpha value is -3.30. The van der Waals surface area contributed by atoms with Gasteiger partial charge >= 0.3 is 5.97 Å². The van der Waals surface area contributed by atoms with Crippen LogP contribution in [0.2, 0.25) is 0 Å². The molecular formula is C18H11N3O4S2. The number of carboxylic acid groups (broad SMARTS) is 1. The van der Waals surface area contributed by atoms with Gasteiger partial charge in [0, 0.05) is 12.1 Å². The van der Waals surface area contributed by atoms with Crippen LogP contribution in [0.4, 0.5) is 0 Å². The molecule has 1 aliphatic rings. The monoisotopic (exact) mass is 397 g/mol. The van der Waals surface area contributed by atoms with Crippen LogP contribution in [0.5, 0.6) is 11.6 Å². The Kier molecular flexibility index (Phi) is 4.09. The molecule has 1 aromatic heterocycles. The molecule has 7 nitrogen and oxygen atoms in total. The summed E-state index contributed by atoms with van der Waals surface area (Å²) in [6, 6.07) is 11.4. The van der Waals surface area contributed by atoms with Gasteiger partial charge in [0.15, 0.2) is 9.78 Å². The van der Waals surface area contributed by atoms with Crippen LogP contribution in [0.3, 0.4) is 0 Å². The highest BCUT2D eigenvalue weighted by molar-refractivity contribution is 7.73. The first kappa shape index (κ1) is 17.1. The van der Waals surface area contributed by atoms with Crippen molar-refractivity contribution in [2.45, 2.75) is 0 Å². The molecule has 0 atom stereocenters. The molecule has 0 amide bonds. The molecule has 0 saturated carbocycles. The normalized spacial score (nSPS) is 12.2. The number of phenols is 1. The van der Waals surface area contributed by atoms with Gasteiger partial charge in [-0.1, -0.05) is 12.1 Å². The number of nitrogens with zero attached hydrogens (tertiary/aromatic N) is 3. The lowest BCUT2D eigenvalue weighted by Gasteiger charge is -2.07. The molecule has 0 unspecified atom stereocenters. The topological polar surface area (TPSA) is 107 Å². The molecule has 4 rings (SSSR count). The second-order valence-electron chi connectivity index (χ2n) is 5.61. The van der Waals surface area contributed by atoms with E-state index in [0.29, 0.717) is 20.3 Å². The Labute approximate surface area is 161 Å². The molecule has 0 radical (unpaired) electrons. The molecule has 0 aliphatic carbocycles. The van der Waals surface area contributed by atoms with Crippen molar-refractivity contribution in [3.05, 3.63) is 73.4 Å². The second kappa shape index (κ2) is 6.45. The minimum absolute atomic E-state index is 0.138. The summed E-state index contributed by atoms with van der Waals surface area (Å²) in [5.41, 5.74) is 0.119. The number of rotatable bonds is 3. The summed E-state index contributed by atoms with van der Waals surface area (Å²) in [5, 5.41) is 31.0. The second-order valence-corrected chi connectivity index (χ2v) is 7.29. The fourth-order valence-corrected chi connectivity index (χ4v) is 3.93. The molecular weight excluding hydrogens is 386 g/mol. The number of hydrogen-bond acceptors (Lipinski definition) is 7. The van der Waals surface area contributed by atoms with E-state index in [-0.39, 0.29) is 11.4 Å². The maximum absolute atomic E-state index is 11.0. The van der Waals surface area contributed by atoms with Crippen molar-refractivity contribution in [2.75, 3.05) is 0 Å². The van der Waals surface area contributed by atoms with Crippen molar-refractivity contribution in [3.8, 4) is 17.3 Å². The number of aromatic nitrogens is 1. The van der Waals surface area contributed by atoms with Crippen molar-refractivity contribution in [1.29, 1.82) is 0 Å². The van der Waals surface area contributed by atoms with E-state index in [2.05, 4.69) is 9.98 Å². The van der Waals surface area contributed by atoms with E-state index in [1.165, 1.54) is 22.8 Å². The lowest BCUT2D eigenvalue weighted by Crippen LogP contribution is -2.19. The number of hydrogen-bond donors (Lipinski definition) is 3. The number of aromatic hydroxyl groups is 2. The quantitative estimate of drug-likeness (QED) is 0.589. The van der Waals surface area contributed by atoms with Crippen LogP contribution in [0.1, 0.15) is 15.2 Å². The molecule has 3 aromatic rings. The number of benzene rings is 2. The molecule has 134 valence electrons. The first-order chi connectivity index (χ1) is 12.9. The highest BCUT2D eigenvalue weighted by Gasteiger charge is 2.16. The molecule has 27 heavy (non-hydrogen) atoms. The zero-order chi connectivity index (χ0) is 19.1. The Morgan fingerprint density at radius 1 is 1.11 bits per heavy atom. The molecule has 3 N–H and O–H groups in total. The highest BCUT2D eigenvalue weighted by atomic mass is 32.1. The molecule has 0 spiro atoms. The number of aromatic carboxylic acids is 1. The Bertz CT molecular complexity index is 1270. The minimum Gasteiger partial charge on any atom is -0.507 e. The van der Waals surface area contributed by atoms with Gasteiger partial charge in [0.25, 0.3) is 0 Å². The van der Waals surface area contributed by atoms with Crippen molar-refractivity contribution < 1.29 is 20.1 Å². The van der Waals surface area contributed by atoms with Gasteiger partial charge in [-0.2, -0.15) is 0 Å².